The van der Waals surface area contributed by atoms with E-state index in [4.69, 9.17) is 5.11 Å². The van der Waals surface area contributed by atoms with Crippen LogP contribution in [0.4, 0.5) is 0 Å². The van der Waals surface area contributed by atoms with Gasteiger partial charge in [-0.3, -0.25) is 4.57 Å². The molecule has 0 aliphatic rings. The van der Waals surface area contributed by atoms with Crippen LogP contribution in [0.3, 0.4) is 0 Å². The summed E-state index contributed by atoms with van der Waals surface area (Å²) in [4.78, 5) is 19.3. The van der Waals surface area contributed by atoms with Gasteiger partial charge in [0.15, 0.2) is 5.65 Å². The van der Waals surface area contributed by atoms with Crippen molar-refractivity contribution in [2.75, 3.05) is 0 Å². The molecule has 0 spiro atoms. The average Bonchev–Trinajstić information content (AvgIpc) is 2.82. The highest BCUT2D eigenvalue weighted by Gasteiger charge is 2.06. The average molecular weight is 239 g/mol. The first-order valence-electron chi connectivity index (χ1n) is 5.37. The van der Waals surface area contributed by atoms with E-state index in [0.717, 1.165) is 16.9 Å². The van der Waals surface area contributed by atoms with Crippen LogP contribution in [0.25, 0.3) is 16.9 Å². The Morgan fingerprint density at radius 3 is 2.61 bits per heavy atom. The Hall–Kier alpha value is -2.69. The highest BCUT2D eigenvalue weighted by atomic mass is 16.4. The van der Waals surface area contributed by atoms with Gasteiger partial charge in [-0.15, -0.1) is 0 Å². The molecule has 5 nitrogen and oxygen atoms in total. The first-order chi connectivity index (χ1) is 8.75. The number of imidazole rings is 1. The predicted molar refractivity (Wildman–Crippen MR) is 65.8 cm³/mol. The fraction of sp³-hybridized carbons (Fsp3) is 0. The number of nitrogens with zero attached hydrogens (tertiary/aromatic N) is 3. The molecule has 18 heavy (non-hydrogen) atoms. The topological polar surface area (TPSA) is 68.0 Å². The van der Waals surface area contributed by atoms with Crippen molar-refractivity contribution in [3.63, 3.8) is 0 Å². The van der Waals surface area contributed by atoms with E-state index in [2.05, 4.69) is 9.97 Å². The molecule has 2 heterocycles. The van der Waals surface area contributed by atoms with Crippen molar-refractivity contribution < 1.29 is 9.90 Å². The smallest absolute Gasteiger partial charge is 0.335 e. The minimum Gasteiger partial charge on any atom is -0.478 e. The van der Waals surface area contributed by atoms with Crippen LogP contribution in [0.15, 0.2) is 48.9 Å². The quantitative estimate of drug-likeness (QED) is 0.743. The van der Waals surface area contributed by atoms with Gasteiger partial charge in [0.1, 0.15) is 11.8 Å². The second-order valence-electron chi connectivity index (χ2n) is 3.81. The largest absolute Gasteiger partial charge is 0.478 e. The van der Waals surface area contributed by atoms with Crippen molar-refractivity contribution in [3.8, 4) is 5.69 Å². The number of benzene rings is 1. The monoisotopic (exact) mass is 239 g/mol. The zero-order valence-electron chi connectivity index (χ0n) is 9.32. The third-order valence-corrected chi connectivity index (χ3v) is 2.70. The summed E-state index contributed by atoms with van der Waals surface area (Å²) in [6.07, 6.45) is 3.37. The zero-order valence-corrected chi connectivity index (χ0v) is 9.32. The van der Waals surface area contributed by atoms with E-state index in [1.165, 1.54) is 0 Å². The number of aromatic nitrogens is 3. The molecular weight excluding hydrogens is 230 g/mol. The van der Waals surface area contributed by atoms with E-state index in [1.54, 1.807) is 36.8 Å². The van der Waals surface area contributed by atoms with Gasteiger partial charge in [0.05, 0.1) is 5.56 Å². The highest BCUT2D eigenvalue weighted by molar-refractivity contribution is 5.87. The van der Waals surface area contributed by atoms with Crippen LogP contribution in [-0.2, 0) is 0 Å². The summed E-state index contributed by atoms with van der Waals surface area (Å²) in [5, 5.41) is 8.85. The van der Waals surface area contributed by atoms with Gasteiger partial charge in [0.2, 0.25) is 0 Å². The number of rotatable bonds is 2. The van der Waals surface area contributed by atoms with Crippen molar-refractivity contribution in [1.29, 1.82) is 0 Å². The van der Waals surface area contributed by atoms with E-state index in [9.17, 15) is 4.79 Å². The molecule has 0 unspecified atom stereocenters. The molecule has 1 N–H and O–H groups in total. The van der Waals surface area contributed by atoms with Gasteiger partial charge in [-0.05, 0) is 36.4 Å². The number of hydrogen-bond acceptors (Lipinski definition) is 3. The molecule has 3 rings (SSSR count). The van der Waals surface area contributed by atoms with Crippen molar-refractivity contribution in [2.45, 2.75) is 0 Å². The molecule has 0 aliphatic heterocycles. The number of aromatic carboxylic acids is 1. The van der Waals surface area contributed by atoms with Crippen LogP contribution in [0.2, 0.25) is 0 Å². The lowest BCUT2D eigenvalue weighted by Gasteiger charge is -2.03. The summed E-state index contributed by atoms with van der Waals surface area (Å²) in [6, 6.07) is 10.3. The fourth-order valence-electron chi connectivity index (χ4n) is 1.80. The Kier molecular flexibility index (Phi) is 2.30. The highest BCUT2D eigenvalue weighted by Crippen LogP contribution is 2.16. The third-order valence-electron chi connectivity index (χ3n) is 2.70. The Bertz CT molecular complexity index is 716. The first-order valence-corrected chi connectivity index (χ1v) is 5.37. The molecule has 2 aromatic heterocycles. The predicted octanol–water partition coefficient (Wildman–Crippen LogP) is 2.12. The summed E-state index contributed by atoms with van der Waals surface area (Å²) in [7, 11) is 0. The Labute approximate surface area is 102 Å². The summed E-state index contributed by atoms with van der Waals surface area (Å²) in [5.41, 5.74) is 2.65. The maximum atomic E-state index is 10.8. The maximum absolute atomic E-state index is 10.8. The number of carbonyl (C=O) groups is 1. The van der Waals surface area contributed by atoms with Gasteiger partial charge < -0.3 is 5.11 Å². The van der Waals surface area contributed by atoms with E-state index in [1.807, 2.05) is 16.7 Å². The normalized spacial score (nSPS) is 10.7. The molecule has 0 saturated heterocycles. The van der Waals surface area contributed by atoms with E-state index in [0.29, 0.717) is 0 Å². The van der Waals surface area contributed by atoms with Crippen LogP contribution in [0, 0.1) is 0 Å². The molecule has 0 aliphatic carbocycles. The van der Waals surface area contributed by atoms with E-state index in [-0.39, 0.29) is 5.56 Å². The Morgan fingerprint density at radius 1 is 1.11 bits per heavy atom. The lowest BCUT2D eigenvalue weighted by Crippen LogP contribution is -1.98. The Morgan fingerprint density at radius 2 is 1.89 bits per heavy atom. The van der Waals surface area contributed by atoms with Crippen molar-refractivity contribution >= 4 is 17.1 Å². The second kappa shape index (κ2) is 3.96. The molecule has 3 aromatic rings. The number of fused-ring (bicyclic) bond motifs is 1. The Balaban J connectivity index is 2.12. The van der Waals surface area contributed by atoms with Crippen molar-refractivity contribution in [3.05, 3.63) is 54.5 Å². The summed E-state index contributed by atoms with van der Waals surface area (Å²) < 4.78 is 1.82. The molecule has 1 aromatic carbocycles. The second-order valence-corrected chi connectivity index (χ2v) is 3.81. The lowest BCUT2D eigenvalue weighted by atomic mass is 10.2. The standard InChI is InChI=1S/C13H9N3O2/c17-13(18)9-3-5-10(6-4-9)16-8-15-11-2-1-7-14-12(11)16/h1-8H,(H,17,18). The maximum Gasteiger partial charge on any atom is 0.335 e. The zero-order chi connectivity index (χ0) is 12.5. The van der Waals surface area contributed by atoms with Gasteiger partial charge in [-0.2, -0.15) is 0 Å². The fourth-order valence-corrected chi connectivity index (χ4v) is 1.80. The third kappa shape index (κ3) is 1.62. The van der Waals surface area contributed by atoms with Gasteiger partial charge in [-0.25, -0.2) is 14.8 Å². The molecule has 0 saturated carbocycles. The van der Waals surface area contributed by atoms with E-state index < -0.39 is 5.97 Å². The first kappa shape index (κ1) is 10.5. The van der Waals surface area contributed by atoms with Crippen LogP contribution in [-0.4, -0.2) is 25.6 Å². The molecule has 0 radical (unpaired) electrons. The van der Waals surface area contributed by atoms with Crippen LogP contribution in [0.5, 0.6) is 0 Å². The SMILES string of the molecule is O=C(O)c1ccc(-n2cnc3cccnc32)cc1. The molecule has 0 fully saturated rings. The van der Waals surface area contributed by atoms with Crippen molar-refractivity contribution in [2.24, 2.45) is 0 Å². The number of hydrogen-bond donors (Lipinski definition) is 1. The minimum atomic E-state index is -0.935. The van der Waals surface area contributed by atoms with E-state index >= 15 is 0 Å². The van der Waals surface area contributed by atoms with Crippen LogP contribution < -0.4 is 0 Å². The molecule has 88 valence electrons. The summed E-state index contributed by atoms with van der Waals surface area (Å²) in [5.74, 6) is -0.935. The van der Waals surface area contributed by atoms with Crippen LogP contribution >= 0.6 is 0 Å². The van der Waals surface area contributed by atoms with Gasteiger partial charge in [-0.1, -0.05) is 0 Å². The summed E-state index contributed by atoms with van der Waals surface area (Å²) >= 11 is 0. The summed E-state index contributed by atoms with van der Waals surface area (Å²) in [6.45, 7) is 0. The molecule has 0 bridgehead atoms. The van der Waals surface area contributed by atoms with Crippen LogP contribution in [0.1, 0.15) is 10.4 Å². The van der Waals surface area contributed by atoms with Gasteiger partial charge in [0, 0.05) is 11.9 Å². The molecule has 5 heteroatoms. The number of carboxylic acid groups (broad SMARTS) is 1. The van der Waals surface area contributed by atoms with Gasteiger partial charge in [0.25, 0.3) is 0 Å². The number of pyridine rings is 1. The van der Waals surface area contributed by atoms with Crippen molar-refractivity contribution in [1.82, 2.24) is 14.5 Å². The number of carboxylic acids is 1. The van der Waals surface area contributed by atoms with Gasteiger partial charge >= 0.3 is 5.97 Å². The lowest BCUT2D eigenvalue weighted by molar-refractivity contribution is 0.0697. The molecule has 0 atom stereocenters. The molecular formula is C13H9N3O2. The minimum absolute atomic E-state index is 0.260. The molecule has 0 amide bonds.